The van der Waals surface area contributed by atoms with E-state index in [-0.39, 0.29) is 12.1 Å². The Balaban J connectivity index is 1.40. The van der Waals surface area contributed by atoms with E-state index in [0.717, 1.165) is 53.9 Å². The number of rotatable bonds is 21. The minimum absolute atomic E-state index is 0.283. The summed E-state index contributed by atoms with van der Waals surface area (Å²) in [5, 5.41) is 0. The molecule has 0 heterocycles. The van der Waals surface area contributed by atoms with Gasteiger partial charge in [-0.1, -0.05) is 134 Å². The second-order valence-corrected chi connectivity index (χ2v) is 11.8. The maximum Gasteiger partial charge on any atom is 0.338 e. The highest BCUT2D eigenvalue weighted by molar-refractivity contribution is 5.90. The van der Waals surface area contributed by atoms with E-state index in [9.17, 15) is 4.79 Å². The van der Waals surface area contributed by atoms with E-state index in [1.165, 1.54) is 51.4 Å². The van der Waals surface area contributed by atoms with Crippen molar-refractivity contribution in [1.82, 2.24) is 0 Å². The smallest absolute Gasteiger partial charge is 0.338 e. The Kier molecular flexibility index (Phi) is 16.0. The summed E-state index contributed by atoms with van der Waals surface area (Å²) < 4.78 is 17.3. The Morgan fingerprint density at radius 1 is 0.605 bits per heavy atom. The van der Waals surface area contributed by atoms with Gasteiger partial charge in [-0.15, -0.1) is 0 Å². The Morgan fingerprint density at radius 3 is 1.58 bits per heavy atom. The molecule has 0 saturated carbocycles. The standard InChI is InChI=1S/C39H54O4/c1-5-8-9-10-11-12-13-14-15-28-42-38-26-24-36(25-27-38)34-18-16-33(17-19-34)35-20-22-37(23-21-35)39(40)43-31(4)29-41-30-32(6-2)7-3/h16-27,31-32H,5-15,28-30H2,1-4H3/t31-/m0/s1. The topological polar surface area (TPSA) is 44.8 Å². The number of carbonyl (C=O) groups excluding carboxylic acids is 1. The maximum atomic E-state index is 12.6. The number of carbonyl (C=O) groups is 1. The van der Waals surface area contributed by atoms with Crippen molar-refractivity contribution < 1.29 is 19.0 Å². The van der Waals surface area contributed by atoms with Crippen LogP contribution >= 0.6 is 0 Å². The first kappa shape index (κ1) is 34.4. The molecule has 0 N–H and O–H groups in total. The van der Waals surface area contributed by atoms with E-state index in [1.807, 2.05) is 31.2 Å². The fourth-order valence-electron chi connectivity index (χ4n) is 5.21. The van der Waals surface area contributed by atoms with Crippen LogP contribution < -0.4 is 4.74 Å². The molecular weight excluding hydrogens is 532 g/mol. The zero-order valence-corrected chi connectivity index (χ0v) is 27.1. The zero-order chi connectivity index (χ0) is 30.7. The van der Waals surface area contributed by atoms with Crippen LogP contribution in [-0.2, 0) is 9.47 Å². The average Bonchev–Trinajstić information content (AvgIpc) is 3.04. The Labute approximate surface area is 261 Å². The van der Waals surface area contributed by atoms with Crippen molar-refractivity contribution in [2.24, 2.45) is 5.92 Å². The summed E-state index contributed by atoms with van der Waals surface area (Å²) in [5.74, 6) is 1.17. The summed E-state index contributed by atoms with van der Waals surface area (Å²) in [4.78, 5) is 12.6. The van der Waals surface area contributed by atoms with Crippen LogP contribution in [0.1, 0.15) is 109 Å². The molecule has 0 aliphatic rings. The van der Waals surface area contributed by atoms with Gasteiger partial charge in [-0.2, -0.15) is 0 Å². The van der Waals surface area contributed by atoms with E-state index in [2.05, 4.69) is 69.3 Å². The first-order valence-electron chi connectivity index (χ1n) is 16.8. The van der Waals surface area contributed by atoms with Gasteiger partial charge in [0.25, 0.3) is 0 Å². The Morgan fingerprint density at radius 2 is 1.07 bits per heavy atom. The minimum Gasteiger partial charge on any atom is -0.494 e. The molecule has 0 radical (unpaired) electrons. The van der Waals surface area contributed by atoms with Gasteiger partial charge >= 0.3 is 5.97 Å². The van der Waals surface area contributed by atoms with Crippen LogP contribution in [0.5, 0.6) is 5.75 Å². The first-order chi connectivity index (χ1) is 21.0. The number of unbranched alkanes of at least 4 members (excludes halogenated alkanes) is 8. The van der Waals surface area contributed by atoms with Crippen LogP contribution in [0, 0.1) is 5.92 Å². The zero-order valence-electron chi connectivity index (χ0n) is 27.1. The quantitative estimate of drug-likeness (QED) is 0.0920. The lowest BCUT2D eigenvalue weighted by atomic mass is 9.99. The molecule has 0 saturated heterocycles. The van der Waals surface area contributed by atoms with Gasteiger partial charge in [-0.25, -0.2) is 4.79 Å². The van der Waals surface area contributed by atoms with Crippen LogP contribution in [0.25, 0.3) is 22.3 Å². The van der Waals surface area contributed by atoms with Crippen molar-refractivity contribution in [3.63, 3.8) is 0 Å². The van der Waals surface area contributed by atoms with E-state index in [0.29, 0.717) is 24.7 Å². The number of esters is 1. The van der Waals surface area contributed by atoms with Crippen LogP contribution in [-0.4, -0.2) is 31.9 Å². The third-order valence-electron chi connectivity index (χ3n) is 8.21. The summed E-state index contributed by atoms with van der Waals surface area (Å²) in [5.41, 5.74) is 5.04. The molecule has 4 heteroatoms. The van der Waals surface area contributed by atoms with E-state index in [4.69, 9.17) is 14.2 Å². The summed E-state index contributed by atoms with van der Waals surface area (Å²) in [6.45, 7) is 10.4. The van der Waals surface area contributed by atoms with Gasteiger partial charge in [0.1, 0.15) is 11.9 Å². The van der Waals surface area contributed by atoms with Crippen molar-refractivity contribution in [1.29, 1.82) is 0 Å². The van der Waals surface area contributed by atoms with Crippen molar-refractivity contribution >= 4 is 5.97 Å². The second-order valence-electron chi connectivity index (χ2n) is 11.8. The molecule has 3 rings (SSSR count). The highest BCUT2D eigenvalue weighted by atomic mass is 16.6. The van der Waals surface area contributed by atoms with Crippen molar-refractivity contribution in [2.45, 2.75) is 104 Å². The maximum absolute atomic E-state index is 12.6. The van der Waals surface area contributed by atoms with Gasteiger partial charge in [0.05, 0.1) is 18.8 Å². The predicted molar refractivity (Wildman–Crippen MR) is 180 cm³/mol. The third-order valence-corrected chi connectivity index (χ3v) is 8.21. The molecule has 234 valence electrons. The van der Waals surface area contributed by atoms with Crippen molar-refractivity contribution in [2.75, 3.05) is 19.8 Å². The lowest BCUT2D eigenvalue weighted by molar-refractivity contribution is -0.00516. The van der Waals surface area contributed by atoms with Crippen LogP contribution in [0.3, 0.4) is 0 Å². The van der Waals surface area contributed by atoms with Gasteiger partial charge in [0.2, 0.25) is 0 Å². The highest BCUT2D eigenvalue weighted by Crippen LogP contribution is 2.27. The molecule has 0 unspecified atom stereocenters. The van der Waals surface area contributed by atoms with Gasteiger partial charge < -0.3 is 14.2 Å². The molecule has 0 fully saturated rings. The molecule has 4 nitrogen and oxygen atoms in total. The SMILES string of the molecule is CCCCCCCCCCCOc1ccc(-c2ccc(-c3ccc(C(=O)O[C@@H](C)COCC(CC)CC)cc3)cc2)cc1. The molecule has 1 atom stereocenters. The summed E-state index contributed by atoms with van der Waals surface area (Å²) in [7, 11) is 0. The fourth-order valence-corrected chi connectivity index (χ4v) is 5.21. The predicted octanol–water partition coefficient (Wildman–Crippen LogP) is 10.9. The Hall–Kier alpha value is -3.11. The molecule has 3 aromatic carbocycles. The number of benzene rings is 3. The molecule has 0 bridgehead atoms. The van der Waals surface area contributed by atoms with Crippen LogP contribution in [0.15, 0.2) is 72.8 Å². The van der Waals surface area contributed by atoms with Crippen LogP contribution in [0.4, 0.5) is 0 Å². The second kappa shape index (κ2) is 20.0. The summed E-state index contributed by atoms with van der Waals surface area (Å²) in [6, 6.07) is 24.5. The fraction of sp³-hybridized carbons (Fsp3) is 0.513. The largest absolute Gasteiger partial charge is 0.494 e. The molecular formula is C39H54O4. The summed E-state index contributed by atoms with van der Waals surface area (Å²) in [6.07, 6.45) is 13.8. The van der Waals surface area contributed by atoms with Crippen molar-refractivity contribution in [3.05, 3.63) is 78.4 Å². The lowest BCUT2D eigenvalue weighted by Gasteiger charge is -2.17. The van der Waals surface area contributed by atoms with E-state index >= 15 is 0 Å². The number of hydrogen-bond acceptors (Lipinski definition) is 4. The van der Waals surface area contributed by atoms with Gasteiger partial charge in [0.15, 0.2) is 0 Å². The molecule has 3 aromatic rings. The lowest BCUT2D eigenvalue weighted by Crippen LogP contribution is -2.22. The highest BCUT2D eigenvalue weighted by Gasteiger charge is 2.13. The Bertz CT molecular complexity index is 1150. The average molecular weight is 587 g/mol. The molecule has 43 heavy (non-hydrogen) atoms. The van der Waals surface area contributed by atoms with Gasteiger partial charge in [-0.3, -0.25) is 0 Å². The number of ether oxygens (including phenoxy) is 3. The van der Waals surface area contributed by atoms with E-state index < -0.39 is 0 Å². The third kappa shape index (κ3) is 12.6. The molecule has 0 aliphatic carbocycles. The van der Waals surface area contributed by atoms with Gasteiger partial charge in [-0.05, 0) is 65.8 Å². The molecule has 0 amide bonds. The first-order valence-corrected chi connectivity index (χ1v) is 16.8. The van der Waals surface area contributed by atoms with E-state index in [1.54, 1.807) is 0 Å². The molecule has 0 spiro atoms. The minimum atomic E-state index is -0.318. The number of hydrogen-bond donors (Lipinski definition) is 0. The van der Waals surface area contributed by atoms with Crippen molar-refractivity contribution in [3.8, 4) is 28.0 Å². The molecule has 0 aliphatic heterocycles. The van der Waals surface area contributed by atoms with Crippen LogP contribution in [0.2, 0.25) is 0 Å². The molecule has 0 aromatic heterocycles. The summed E-state index contributed by atoms with van der Waals surface area (Å²) >= 11 is 0. The van der Waals surface area contributed by atoms with Gasteiger partial charge in [0, 0.05) is 6.61 Å². The monoisotopic (exact) mass is 586 g/mol. The normalized spacial score (nSPS) is 11.9.